The summed E-state index contributed by atoms with van der Waals surface area (Å²) in [5.74, 6) is 0.0790. The van der Waals surface area contributed by atoms with Gasteiger partial charge >= 0.3 is 11.9 Å². The van der Waals surface area contributed by atoms with Gasteiger partial charge in [-0.3, -0.25) is 9.59 Å². The van der Waals surface area contributed by atoms with Crippen molar-refractivity contribution in [2.45, 2.75) is 283 Å². The Balaban J connectivity index is 1.22. The molecule has 0 amide bonds. The highest BCUT2D eigenvalue weighted by molar-refractivity contribution is 6.74. The second-order valence-corrected chi connectivity index (χ2v) is 41.1. The maximum Gasteiger partial charge on any atom is 0.338 e. The number of ketones is 1. The molecule has 8 rings (SSSR count). The lowest BCUT2D eigenvalue weighted by Gasteiger charge is -2.61. The molecule has 2 heterocycles. The van der Waals surface area contributed by atoms with E-state index in [9.17, 15) is 19.5 Å². The maximum absolute atomic E-state index is 14.8. The zero-order valence-corrected chi connectivity index (χ0v) is 57.0. The van der Waals surface area contributed by atoms with E-state index in [1.54, 1.807) is 31.4 Å². The molecule has 5 saturated carbocycles. The third-order valence-electron chi connectivity index (χ3n) is 24.2. The fourth-order valence-corrected chi connectivity index (χ4v) is 26.7. The molecule has 7 aliphatic rings. The minimum Gasteiger partial charge on any atom is -0.497 e. The van der Waals surface area contributed by atoms with Gasteiger partial charge in [0.2, 0.25) is 0 Å². The van der Waals surface area contributed by atoms with E-state index >= 15 is 0 Å². The van der Waals surface area contributed by atoms with Crippen molar-refractivity contribution in [3.05, 3.63) is 29.8 Å². The van der Waals surface area contributed by atoms with Gasteiger partial charge in [0, 0.05) is 37.2 Å². The van der Waals surface area contributed by atoms with Crippen molar-refractivity contribution >= 4 is 42.7 Å². The molecule has 2 saturated heterocycles. The topological polar surface area (TPSA) is 173 Å². The van der Waals surface area contributed by atoms with Crippen LogP contribution in [-0.4, -0.2) is 142 Å². The quantitative estimate of drug-likeness (QED) is 0.0592. The highest BCUT2D eigenvalue weighted by atomic mass is 28.4. The van der Waals surface area contributed by atoms with Crippen LogP contribution in [0, 0.1) is 45.8 Å². The predicted octanol–water partition coefficient (Wildman–Crippen LogP) is 13.2. The van der Waals surface area contributed by atoms with Gasteiger partial charge in [-0.25, -0.2) is 4.79 Å². The summed E-state index contributed by atoms with van der Waals surface area (Å²) in [5.41, 5.74) is -1.67. The van der Waals surface area contributed by atoms with Gasteiger partial charge in [-0.1, -0.05) is 96.4 Å². The summed E-state index contributed by atoms with van der Waals surface area (Å²) in [5, 5.41) is 14.1. The molecule has 5 aliphatic carbocycles. The number of hydrogen-bond donors (Lipinski definition) is 1. The van der Waals surface area contributed by atoms with Crippen molar-refractivity contribution in [3.63, 3.8) is 0 Å². The molecule has 1 aromatic rings. The van der Waals surface area contributed by atoms with Gasteiger partial charge < -0.3 is 56.3 Å². The summed E-state index contributed by atoms with van der Waals surface area (Å²) in [4.78, 5) is 43.3. The molecular weight excluding hydrogens is 1100 g/mol. The van der Waals surface area contributed by atoms with Crippen LogP contribution in [0.5, 0.6) is 5.75 Å². The Morgan fingerprint density at radius 1 is 0.651 bits per heavy atom. The van der Waals surface area contributed by atoms with Crippen molar-refractivity contribution in [2.75, 3.05) is 27.4 Å². The van der Waals surface area contributed by atoms with Crippen molar-refractivity contribution in [2.24, 2.45) is 45.8 Å². The van der Waals surface area contributed by atoms with Gasteiger partial charge in [0.05, 0.1) is 50.3 Å². The van der Waals surface area contributed by atoms with Crippen LogP contribution in [0.4, 0.5) is 0 Å². The smallest absolute Gasteiger partial charge is 0.338 e. The van der Waals surface area contributed by atoms with Crippen molar-refractivity contribution < 1.29 is 70.7 Å². The number of Topliss-reactive ketones (excluding diaryl/α,β-unsaturated/α-hetero) is 1. The number of hydrogen-bond acceptors (Lipinski definition) is 15. The number of unbranched alkanes of at least 4 members (excludes halogenated alkanes) is 1. The Morgan fingerprint density at radius 2 is 1.18 bits per heavy atom. The second kappa shape index (κ2) is 26.9. The van der Waals surface area contributed by atoms with Crippen LogP contribution in [0.2, 0.25) is 54.4 Å². The first-order chi connectivity index (χ1) is 39.6. The third-order valence-corrected chi connectivity index (χ3v) is 38.2. The highest BCUT2D eigenvalue weighted by Crippen LogP contribution is 2.82. The van der Waals surface area contributed by atoms with Gasteiger partial charge in [-0.15, -0.1) is 0 Å². The molecule has 0 radical (unpaired) electrons. The van der Waals surface area contributed by atoms with E-state index in [1.807, 2.05) is 14.0 Å². The van der Waals surface area contributed by atoms with Crippen LogP contribution >= 0.6 is 0 Å². The minimum absolute atomic E-state index is 0.00430. The number of methoxy groups -OCH3 is 2. The molecule has 472 valence electrons. The molecular formula is C65H110O15Si3. The Labute approximate surface area is 502 Å². The van der Waals surface area contributed by atoms with E-state index in [0.29, 0.717) is 36.0 Å². The number of aliphatic hydroxyl groups is 1. The molecule has 0 aromatic heterocycles. The van der Waals surface area contributed by atoms with Gasteiger partial charge in [-0.05, 0) is 159 Å². The number of carbonyl (C=O) groups is 3. The van der Waals surface area contributed by atoms with E-state index in [4.69, 9.17) is 51.2 Å². The zero-order valence-electron chi connectivity index (χ0n) is 54.0. The summed E-state index contributed by atoms with van der Waals surface area (Å²) in [6.45, 7) is 29.9. The molecule has 15 nitrogen and oxygen atoms in total. The molecule has 1 aromatic carbocycles. The zero-order chi connectivity index (χ0) is 60.5. The van der Waals surface area contributed by atoms with Gasteiger partial charge in [0.25, 0.3) is 0 Å². The fourth-order valence-electron chi connectivity index (χ4n) is 18.2. The van der Waals surface area contributed by atoms with Crippen molar-refractivity contribution in [1.29, 1.82) is 0 Å². The van der Waals surface area contributed by atoms with E-state index in [2.05, 4.69) is 83.1 Å². The Morgan fingerprint density at radius 3 is 1.70 bits per heavy atom. The number of ether oxygens (including phenoxy) is 8. The normalized spacial score (nSPS) is 38.1. The molecule has 1 spiro atoms. The summed E-state index contributed by atoms with van der Waals surface area (Å²) >= 11 is 0. The summed E-state index contributed by atoms with van der Waals surface area (Å²) < 4.78 is 76.4. The Hall–Kier alpha value is -2.08. The van der Waals surface area contributed by atoms with Crippen LogP contribution in [0.25, 0.3) is 0 Å². The largest absolute Gasteiger partial charge is 0.497 e. The number of benzene rings is 1. The monoisotopic (exact) mass is 1210 g/mol. The van der Waals surface area contributed by atoms with Crippen LogP contribution in [0.15, 0.2) is 24.3 Å². The Kier molecular flexibility index (Phi) is 21.7. The molecule has 1 N–H and O–H groups in total. The molecule has 7 fully saturated rings. The van der Waals surface area contributed by atoms with Crippen LogP contribution in [0.3, 0.4) is 0 Å². The number of carbonyl (C=O) groups excluding carboxylic acids is 3. The SMILES string of the molecule is CCCCC(=O)[C@@H](C)[C@@]1(O)[C@@H](O[C@@H]2OC[C@H](O[Si](CC)(CC)CC)[C@H](O[C@@H]3OC[C@@H](O[Si](CC)(CC)CC)[C@H](O[Si](CC)(CC)CC)[C@H]3OC(=O)c3ccc(OC)cc3)[C@H]2OC(C)=O)C[C@H]2[C@@H]3C[C@@H](OC)[C@]45C[C@H]4CC[C@]5(C)[C@H]3CC[C@@]21C. The lowest BCUT2D eigenvalue weighted by atomic mass is 9.44. The summed E-state index contributed by atoms with van der Waals surface area (Å²) in [7, 11) is -3.85. The summed E-state index contributed by atoms with van der Waals surface area (Å²) in [6.07, 6.45) is -0.247. The molecule has 19 atom stereocenters. The molecule has 2 aliphatic heterocycles. The first kappa shape index (κ1) is 66.9. The first-order valence-corrected chi connectivity index (χ1v) is 40.5. The average molecular weight is 1220 g/mol. The number of esters is 2. The minimum atomic E-state index is -2.50. The summed E-state index contributed by atoms with van der Waals surface area (Å²) in [6, 6.07) is 14.4. The molecule has 0 bridgehead atoms. The van der Waals surface area contributed by atoms with Crippen molar-refractivity contribution in [3.8, 4) is 5.75 Å². The highest BCUT2D eigenvalue weighted by Gasteiger charge is 2.79. The van der Waals surface area contributed by atoms with Gasteiger partial charge in [0.1, 0.15) is 29.3 Å². The van der Waals surface area contributed by atoms with E-state index in [-0.39, 0.29) is 47.8 Å². The van der Waals surface area contributed by atoms with Crippen LogP contribution < -0.4 is 4.74 Å². The predicted molar refractivity (Wildman–Crippen MR) is 328 cm³/mol. The maximum atomic E-state index is 14.8. The van der Waals surface area contributed by atoms with Gasteiger partial charge in [0.15, 0.2) is 49.7 Å². The third kappa shape index (κ3) is 12.0. The molecule has 83 heavy (non-hydrogen) atoms. The standard InChI is InChI=1S/C65H110O15Si3/c1-17-27-28-50(67)42(11)65(69)54(38-49-47-37-53(71-16)64-39-45(64)33-35-62(64,13)48(47)34-36-63(49,65)14)75-60-57(74-43(12)66)55(51(40-72-60)78-81(18-2,19-3)20-4)77-61-58(76-59(68)44-29-31-46(70-15)32-30-44)56(80-83(24-8,25-9)26-10)52(41-73-61)79-82(21-5,22-6)23-7/h29-32,42,45,47-49,51-58,60-61,69H,17-28,33-41H2,1-16H3/t42-,45-,47-,48+,49+,51+,52-,53-,54+,55+,56+,57-,58-,60+,61+,62-,63+,64+,65-/m1/s1. The lowest BCUT2D eigenvalue weighted by Crippen LogP contribution is -2.66. The van der Waals surface area contributed by atoms with Gasteiger partial charge in [-0.2, -0.15) is 0 Å². The lowest BCUT2D eigenvalue weighted by molar-refractivity contribution is -0.342. The molecule has 18 heteroatoms. The first-order valence-electron chi connectivity index (χ1n) is 33.0. The van der Waals surface area contributed by atoms with Crippen LogP contribution in [-0.2, 0) is 56.0 Å². The van der Waals surface area contributed by atoms with E-state index in [0.717, 1.165) is 86.5 Å². The van der Waals surface area contributed by atoms with E-state index < -0.39 is 109 Å². The fraction of sp³-hybridized carbons (Fsp3) is 0.862. The number of rotatable bonds is 29. The van der Waals surface area contributed by atoms with E-state index in [1.165, 1.54) is 26.2 Å². The Bertz CT molecular complexity index is 2310. The second-order valence-electron chi connectivity index (χ2n) is 27.0. The number of fused-ring (bicyclic) bond motifs is 4. The van der Waals surface area contributed by atoms with Crippen molar-refractivity contribution in [1.82, 2.24) is 0 Å². The average Bonchev–Trinajstić information content (AvgIpc) is 2.05. The molecule has 0 unspecified atom stereocenters. The van der Waals surface area contributed by atoms with Crippen LogP contribution in [0.1, 0.15) is 171 Å².